The number of hydrogen-bond acceptors (Lipinski definition) is 5. The molecular weight excluding hydrogens is 368 g/mol. The van der Waals surface area contributed by atoms with E-state index in [0.717, 1.165) is 12.6 Å². The van der Waals surface area contributed by atoms with Gasteiger partial charge in [-0.15, -0.1) is 0 Å². The molecule has 4 heterocycles. The minimum absolute atomic E-state index is 0.236. The fourth-order valence-corrected chi connectivity index (χ4v) is 3.34. The van der Waals surface area contributed by atoms with Crippen molar-refractivity contribution in [3.05, 3.63) is 47.4 Å². The van der Waals surface area contributed by atoms with E-state index in [4.69, 9.17) is 0 Å². The predicted octanol–water partition coefficient (Wildman–Crippen LogP) is 2.37. The summed E-state index contributed by atoms with van der Waals surface area (Å²) in [7, 11) is 1.66. The highest BCUT2D eigenvalue weighted by atomic mass is 19.3. The average Bonchev–Trinajstić information content (AvgIpc) is 3.30. The van der Waals surface area contributed by atoms with Crippen LogP contribution in [0.1, 0.15) is 47.2 Å². The molecular formula is C18H19F2N7O. The Morgan fingerprint density at radius 1 is 1.32 bits per heavy atom. The van der Waals surface area contributed by atoms with Crippen LogP contribution in [0.3, 0.4) is 0 Å². The fraction of sp³-hybridized carbons (Fsp3) is 0.389. The van der Waals surface area contributed by atoms with Gasteiger partial charge >= 0.3 is 0 Å². The second-order valence-corrected chi connectivity index (χ2v) is 6.92. The molecule has 8 nitrogen and oxygen atoms in total. The first-order valence-corrected chi connectivity index (χ1v) is 8.83. The molecule has 4 rings (SSSR count). The maximum atomic E-state index is 13.6. The summed E-state index contributed by atoms with van der Waals surface area (Å²) >= 11 is 0. The summed E-state index contributed by atoms with van der Waals surface area (Å²) < 4.78 is 30.3. The molecule has 1 atom stereocenters. The van der Waals surface area contributed by atoms with Crippen LogP contribution in [0.25, 0.3) is 11.3 Å². The summed E-state index contributed by atoms with van der Waals surface area (Å²) in [6, 6.07) is 4.56. The van der Waals surface area contributed by atoms with Gasteiger partial charge in [0.25, 0.3) is 11.8 Å². The number of carbonyl (C=O) groups is 1. The quantitative estimate of drug-likeness (QED) is 0.742. The molecule has 3 aromatic heterocycles. The molecule has 1 amide bonds. The summed E-state index contributed by atoms with van der Waals surface area (Å²) in [6.07, 6.45) is 2.04. The highest BCUT2D eigenvalue weighted by Crippen LogP contribution is 2.32. The van der Waals surface area contributed by atoms with E-state index >= 15 is 0 Å². The van der Waals surface area contributed by atoms with Crippen molar-refractivity contribution in [2.24, 2.45) is 7.05 Å². The Balaban J connectivity index is 1.58. The first-order valence-electron chi connectivity index (χ1n) is 8.83. The first kappa shape index (κ1) is 18.2. The van der Waals surface area contributed by atoms with E-state index in [1.165, 1.54) is 16.9 Å². The predicted molar refractivity (Wildman–Crippen MR) is 95.6 cm³/mol. The molecule has 0 bridgehead atoms. The number of pyridine rings is 1. The highest BCUT2D eigenvalue weighted by Gasteiger charge is 2.30. The molecule has 1 aliphatic rings. The lowest BCUT2D eigenvalue weighted by atomic mass is 10.1. The van der Waals surface area contributed by atoms with Crippen LogP contribution >= 0.6 is 0 Å². The van der Waals surface area contributed by atoms with Crippen LogP contribution in [0, 0.1) is 6.92 Å². The van der Waals surface area contributed by atoms with Gasteiger partial charge in [-0.3, -0.25) is 14.5 Å². The molecule has 0 saturated carbocycles. The van der Waals surface area contributed by atoms with Crippen LogP contribution in [0.5, 0.6) is 0 Å². The van der Waals surface area contributed by atoms with Gasteiger partial charge in [-0.05, 0) is 31.5 Å². The summed E-state index contributed by atoms with van der Waals surface area (Å²) in [6.45, 7) is 3.16. The molecule has 0 aromatic carbocycles. The van der Waals surface area contributed by atoms with Crippen molar-refractivity contribution in [1.82, 2.24) is 34.8 Å². The minimum Gasteiger partial charge on any atom is -0.341 e. The molecule has 0 fully saturated rings. The SMILES string of the molecule is Cc1nc(C(=O)N[C@@H]2CCn3nc(-c4ccnc(C(C)(F)F)c4)cc32)n(C)n1. The van der Waals surface area contributed by atoms with Gasteiger partial charge in [0.15, 0.2) is 0 Å². The maximum Gasteiger partial charge on any atom is 0.289 e. The molecule has 0 spiro atoms. The lowest BCUT2D eigenvalue weighted by molar-refractivity contribution is 0.0128. The number of alkyl halides is 2. The van der Waals surface area contributed by atoms with Gasteiger partial charge in [0, 0.05) is 32.3 Å². The second kappa shape index (κ2) is 6.47. The molecule has 0 aliphatic carbocycles. The highest BCUT2D eigenvalue weighted by molar-refractivity contribution is 5.91. The molecule has 1 aliphatic heterocycles. The average molecular weight is 387 g/mol. The maximum absolute atomic E-state index is 13.6. The van der Waals surface area contributed by atoms with Crippen molar-refractivity contribution in [3.63, 3.8) is 0 Å². The summed E-state index contributed by atoms with van der Waals surface area (Å²) in [5.41, 5.74) is 1.64. The Hall–Kier alpha value is -3.17. The molecule has 28 heavy (non-hydrogen) atoms. The normalized spacial score (nSPS) is 16.2. The van der Waals surface area contributed by atoms with Crippen LogP contribution in [0.4, 0.5) is 8.78 Å². The zero-order chi connectivity index (χ0) is 20.1. The van der Waals surface area contributed by atoms with Crippen molar-refractivity contribution >= 4 is 5.91 Å². The number of amides is 1. The Bertz CT molecular complexity index is 1050. The third-order valence-corrected chi connectivity index (χ3v) is 4.68. The third kappa shape index (κ3) is 3.25. The number of aryl methyl sites for hydroxylation is 3. The van der Waals surface area contributed by atoms with Gasteiger partial charge < -0.3 is 5.32 Å². The standard InChI is InChI=1S/C18H19F2N7O/c1-10-22-16(26(3)24-10)17(28)23-12-5-7-27-14(12)9-13(25-27)11-4-6-21-15(8-11)18(2,19)20/h4,6,8-9,12H,5,7H2,1-3H3,(H,23,28)/t12-/m1/s1. The summed E-state index contributed by atoms with van der Waals surface area (Å²) in [4.78, 5) is 20.4. The zero-order valence-electron chi connectivity index (χ0n) is 15.6. The van der Waals surface area contributed by atoms with Gasteiger partial charge in [0.2, 0.25) is 5.82 Å². The van der Waals surface area contributed by atoms with E-state index < -0.39 is 5.92 Å². The smallest absolute Gasteiger partial charge is 0.289 e. The number of aromatic nitrogens is 6. The Labute approximate surface area is 159 Å². The molecule has 0 saturated heterocycles. The van der Waals surface area contributed by atoms with Gasteiger partial charge in [-0.2, -0.15) is 19.0 Å². The van der Waals surface area contributed by atoms with E-state index in [2.05, 4.69) is 25.5 Å². The van der Waals surface area contributed by atoms with Gasteiger partial charge in [-0.1, -0.05) is 0 Å². The number of rotatable bonds is 4. The Kier molecular flexibility index (Phi) is 4.20. The van der Waals surface area contributed by atoms with E-state index in [-0.39, 0.29) is 23.5 Å². The fourth-order valence-electron chi connectivity index (χ4n) is 3.34. The Morgan fingerprint density at radius 2 is 2.11 bits per heavy atom. The minimum atomic E-state index is -3.02. The molecule has 146 valence electrons. The zero-order valence-corrected chi connectivity index (χ0v) is 15.6. The van der Waals surface area contributed by atoms with Gasteiger partial charge in [0.05, 0.1) is 17.4 Å². The van der Waals surface area contributed by atoms with E-state index in [0.29, 0.717) is 30.0 Å². The van der Waals surface area contributed by atoms with Crippen LogP contribution in [0.2, 0.25) is 0 Å². The Morgan fingerprint density at radius 3 is 2.79 bits per heavy atom. The van der Waals surface area contributed by atoms with Crippen molar-refractivity contribution in [3.8, 4) is 11.3 Å². The van der Waals surface area contributed by atoms with Crippen molar-refractivity contribution in [2.75, 3.05) is 0 Å². The lowest BCUT2D eigenvalue weighted by Crippen LogP contribution is -2.29. The van der Waals surface area contributed by atoms with Crippen molar-refractivity contribution < 1.29 is 13.6 Å². The van der Waals surface area contributed by atoms with Crippen LogP contribution in [-0.4, -0.2) is 35.4 Å². The monoisotopic (exact) mass is 387 g/mol. The number of carbonyl (C=O) groups excluding carboxylic acids is 1. The largest absolute Gasteiger partial charge is 0.341 e. The van der Waals surface area contributed by atoms with Crippen molar-refractivity contribution in [2.45, 2.75) is 38.8 Å². The molecule has 10 heteroatoms. The topological polar surface area (TPSA) is 90.5 Å². The number of nitrogens with one attached hydrogen (secondary N) is 1. The van der Waals surface area contributed by atoms with Crippen LogP contribution in [0.15, 0.2) is 24.4 Å². The van der Waals surface area contributed by atoms with E-state index in [1.807, 2.05) is 6.07 Å². The van der Waals surface area contributed by atoms with E-state index in [1.54, 1.807) is 24.7 Å². The number of fused-ring (bicyclic) bond motifs is 1. The summed E-state index contributed by atoms with van der Waals surface area (Å²) in [5, 5.41) is 11.5. The third-order valence-electron chi connectivity index (χ3n) is 4.68. The number of nitrogens with zero attached hydrogens (tertiary/aromatic N) is 6. The van der Waals surface area contributed by atoms with Crippen LogP contribution < -0.4 is 5.32 Å². The number of hydrogen-bond donors (Lipinski definition) is 1. The van der Waals surface area contributed by atoms with Crippen molar-refractivity contribution in [1.29, 1.82) is 0 Å². The molecule has 0 unspecified atom stereocenters. The number of halogens is 2. The summed E-state index contributed by atoms with van der Waals surface area (Å²) in [5.74, 6) is -2.59. The second-order valence-electron chi connectivity index (χ2n) is 6.92. The molecule has 0 radical (unpaired) electrons. The molecule has 3 aromatic rings. The van der Waals surface area contributed by atoms with Gasteiger partial charge in [-0.25, -0.2) is 9.67 Å². The van der Waals surface area contributed by atoms with Gasteiger partial charge in [0.1, 0.15) is 11.5 Å². The van der Waals surface area contributed by atoms with E-state index in [9.17, 15) is 13.6 Å². The lowest BCUT2D eigenvalue weighted by Gasteiger charge is -2.11. The molecule has 1 N–H and O–H groups in total. The first-order chi connectivity index (χ1) is 13.2. The van der Waals surface area contributed by atoms with Crippen LogP contribution in [-0.2, 0) is 19.5 Å².